The van der Waals surface area contributed by atoms with Crippen molar-refractivity contribution in [3.8, 4) is 17.4 Å². The van der Waals surface area contributed by atoms with Gasteiger partial charge >= 0.3 is 12.2 Å². The normalized spacial score (nSPS) is 10.9. The van der Waals surface area contributed by atoms with Gasteiger partial charge in [0.05, 0.1) is 16.2 Å². The Morgan fingerprint density at radius 2 is 1.81 bits per heavy atom. The van der Waals surface area contributed by atoms with Crippen LogP contribution in [0.25, 0.3) is 0 Å². The van der Waals surface area contributed by atoms with Crippen LogP contribution in [0.3, 0.4) is 0 Å². The van der Waals surface area contributed by atoms with Gasteiger partial charge in [0.2, 0.25) is 5.88 Å². The van der Waals surface area contributed by atoms with Crippen molar-refractivity contribution in [2.24, 2.45) is 0 Å². The number of alkyl halides is 3. The number of carbonyl (C=O) groups is 1. The Morgan fingerprint density at radius 1 is 1.06 bits per heavy atom. The minimum atomic E-state index is -4.51. The molecule has 0 radical (unpaired) electrons. The Kier molecular flexibility index (Phi) is 7.22. The number of methoxy groups -OCH3 is 1. The summed E-state index contributed by atoms with van der Waals surface area (Å²) in [6.45, 7) is 0. The number of rotatable bonds is 6. The van der Waals surface area contributed by atoms with Gasteiger partial charge in [-0.25, -0.2) is 14.8 Å². The van der Waals surface area contributed by atoms with Gasteiger partial charge < -0.3 is 25.4 Å². The van der Waals surface area contributed by atoms with E-state index in [1.165, 1.54) is 31.6 Å². The van der Waals surface area contributed by atoms with Crippen LogP contribution in [0.15, 0.2) is 48.8 Å². The second-order valence-corrected chi connectivity index (χ2v) is 7.40. The molecule has 8 nitrogen and oxygen atoms in total. The number of hydrogen-bond donors (Lipinski definition) is 3. The molecule has 0 aliphatic carbocycles. The molecule has 3 N–H and O–H groups in total. The van der Waals surface area contributed by atoms with Crippen LogP contribution in [0.4, 0.5) is 35.2 Å². The molecule has 2 aromatic carbocycles. The summed E-state index contributed by atoms with van der Waals surface area (Å²) in [6, 6.07) is 8.36. The first-order chi connectivity index (χ1) is 15.2. The van der Waals surface area contributed by atoms with Crippen molar-refractivity contribution >= 4 is 45.8 Å². The van der Waals surface area contributed by atoms with Gasteiger partial charge in [0.25, 0.3) is 0 Å². The molecule has 0 fully saturated rings. The van der Waals surface area contributed by atoms with Gasteiger partial charge in [0.15, 0.2) is 11.5 Å². The number of hydrogen-bond acceptors (Lipinski definition) is 6. The number of amides is 2. The zero-order chi connectivity index (χ0) is 23.3. The Hall–Kier alpha value is -3.29. The van der Waals surface area contributed by atoms with Crippen molar-refractivity contribution in [3.63, 3.8) is 0 Å². The number of anilines is 3. The van der Waals surface area contributed by atoms with Gasteiger partial charge in [-0.05, 0) is 46.9 Å². The summed E-state index contributed by atoms with van der Waals surface area (Å²) < 4.78 is 50.3. The minimum Gasteiger partial charge on any atom is -0.493 e. The number of benzene rings is 2. The molecule has 1 aromatic heterocycles. The standard InChI is InChI=1S/C20H17F3IN5O3/c1-25-16-9-17(27-10-26-16)32-18-14(24)7-13(8-15(18)31-2)29-19(30)28-12-5-3-4-11(6-12)20(21,22)23/h3-10H,1-2H3,(H,25,26,27)(H2,28,29,30). The fraction of sp³-hybridized carbons (Fsp3) is 0.150. The monoisotopic (exact) mass is 559 g/mol. The van der Waals surface area contributed by atoms with E-state index in [1.54, 1.807) is 19.2 Å². The van der Waals surface area contributed by atoms with Gasteiger partial charge in [0.1, 0.15) is 12.1 Å². The van der Waals surface area contributed by atoms with Crippen molar-refractivity contribution in [2.75, 3.05) is 30.1 Å². The molecular weight excluding hydrogens is 542 g/mol. The van der Waals surface area contributed by atoms with Crippen LogP contribution in [0.5, 0.6) is 17.4 Å². The lowest BCUT2D eigenvalue weighted by Gasteiger charge is -2.15. The number of ether oxygens (including phenoxy) is 2. The molecule has 3 rings (SSSR count). The van der Waals surface area contributed by atoms with Gasteiger partial charge in [-0.3, -0.25) is 0 Å². The Balaban J connectivity index is 1.76. The van der Waals surface area contributed by atoms with Crippen LogP contribution in [0, 0.1) is 3.57 Å². The summed E-state index contributed by atoms with van der Waals surface area (Å²) in [5.41, 5.74) is -0.510. The van der Waals surface area contributed by atoms with Crippen LogP contribution in [-0.2, 0) is 6.18 Å². The fourth-order valence-corrected chi connectivity index (χ4v) is 3.31. The predicted molar refractivity (Wildman–Crippen MR) is 121 cm³/mol. The third kappa shape index (κ3) is 5.90. The van der Waals surface area contributed by atoms with E-state index in [9.17, 15) is 18.0 Å². The van der Waals surface area contributed by atoms with Crippen LogP contribution in [0.1, 0.15) is 5.56 Å². The van der Waals surface area contributed by atoms with Gasteiger partial charge in [-0.2, -0.15) is 13.2 Å². The van der Waals surface area contributed by atoms with Crippen molar-refractivity contribution in [2.45, 2.75) is 6.18 Å². The second kappa shape index (κ2) is 9.89. The highest BCUT2D eigenvalue weighted by Gasteiger charge is 2.30. The summed E-state index contributed by atoms with van der Waals surface area (Å²) in [5, 5.41) is 7.82. The predicted octanol–water partition coefficient (Wildman–Crippen LogP) is 5.59. The fourth-order valence-electron chi connectivity index (χ4n) is 2.59. The molecule has 0 bridgehead atoms. The topological polar surface area (TPSA) is 97.4 Å². The van der Waals surface area contributed by atoms with Crippen LogP contribution in [0.2, 0.25) is 0 Å². The number of carbonyl (C=O) groups excluding carboxylic acids is 1. The van der Waals surface area contributed by atoms with Crippen molar-refractivity contribution in [1.82, 2.24) is 9.97 Å². The Labute approximate surface area is 194 Å². The SMILES string of the molecule is CNc1cc(Oc2c(I)cc(NC(=O)Nc3cccc(C(F)(F)F)c3)cc2OC)ncn1. The van der Waals surface area contributed by atoms with Crippen molar-refractivity contribution in [1.29, 1.82) is 0 Å². The molecule has 2 amide bonds. The molecule has 1 heterocycles. The smallest absolute Gasteiger partial charge is 0.416 e. The van der Waals surface area contributed by atoms with Crippen LogP contribution < -0.4 is 25.4 Å². The minimum absolute atomic E-state index is 0.00281. The quantitative estimate of drug-likeness (QED) is 0.341. The molecule has 32 heavy (non-hydrogen) atoms. The average Bonchev–Trinajstić information content (AvgIpc) is 2.75. The maximum absolute atomic E-state index is 12.9. The zero-order valence-corrected chi connectivity index (χ0v) is 18.9. The van der Waals surface area contributed by atoms with Gasteiger partial charge in [0, 0.05) is 30.6 Å². The molecule has 0 aliphatic rings. The van der Waals surface area contributed by atoms with E-state index in [4.69, 9.17) is 9.47 Å². The lowest BCUT2D eigenvalue weighted by Crippen LogP contribution is -2.20. The highest BCUT2D eigenvalue weighted by molar-refractivity contribution is 14.1. The first-order valence-electron chi connectivity index (χ1n) is 9.00. The molecule has 0 unspecified atom stereocenters. The molecule has 0 aliphatic heterocycles. The highest BCUT2D eigenvalue weighted by Crippen LogP contribution is 2.38. The van der Waals surface area contributed by atoms with Crippen molar-refractivity contribution < 1.29 is 27.4 Å². The lowest BCUT2D eigenvalue weighted by molar-refractivity contribution is -0.137. The zero-order valence-electron chi connectivity index (χ0n) is 16.7. The van der Waals surface area contributed by atoms with Gasteiger partial charge in [-0.15, -0.1) is 0 Å². The van der Waals surface area contributed by atoms with Crippen LogP contribution in [-0.4, -0.2) is 30.2 Å². The molecular formula is C20H17F3IN5O3. The van der Waals surface area contributed by atoms with Crippen molar-refractivity contribution in [3.05, 3.63) is 57.9 Å². The third-order valence-corrected chi connectivity index (χ3v) is 4.84. The maximum Gasteiger partial charge on any atom is 0.416 e. The maximum atomic E-state index is 12.9. The van der Waals surface area contributed by atoms with E-state index in [0.29, 0.717) is 26.6 Å². The molecule has 0 saturated carbocycles. The second-order valence-electron chi connectivity index (χ2n) is 6.24. The van der Waals surface area contributed by atoms with E-state index in [0.717, 1.165) is 12.1 Å². The number of aromatic nitrogens is 2. The van der Waals surface area contributed by atoms with E-state index >= 15 is 0 Å². The third-order valence-electron chi connectivity index (χ3n) is 4.04. The van der Waals surface area contributed by atoms with E-state index < -0.39 is 17.8 Å². The lowest BCUT2D eigenvalue weighted by atomic mass is 10.2. The average molecular weight is 559 g/mol. The molecule has 0 atom stereocenters. The summed E-state index contributed by atoms with van der Waals surface area (Å²) >= 11 is 2.00. The summed E-state index contributed by atoms with van der Waals surface area (Å²) in [4.78, 5) is 20.4. The largest absolute Gasteiger partial charge is 0.493 e. The first-order valence-corrected chi connectivity index (χ1v) is 10.1. The van der Waals surface area contributed by atoms with Crippen LogP contribution >= 0.6 is 22.6 Å². The number of urea groups is 1. The van der Waals surface area contributed by atoms with Gasteiger partial charge in [-0.1, -0.05) is 6.07 Å². The molecule has 12 heteroatoms. The first kappa shape index (κ1) is 23.4. The molecule has 168 valence electrons. The molecule has 0 spiro atoms. The van der Waals surface area contributed by atoms with E-state index in [-0.39, 0.29) is 11.6 Å². The Bertz CT molecular complexity index is 1130. The highest BCUT2D eigenvalue weighted by atomic mass is 127. The number of nitrogens with one attached hydrogen (secondary N) is 3. The number of nitrogens with zero attached hydrogens (tertiary/aromatic N) is 2. The summed E-state index contributed by atoms with van der Waals surface area (Å²) in [7, 11) is 3.14. The molecule has 3 aromatic rings. The number of halogens is 4. The van der Waals surface area contributed by atoms with E-state index in [1.807, 2.05) is 22.6 Å². The van der Waals surface area contributed by atoms with E-state index in [2.05, 4.69) is 25.9 Å². The molecule has 0 saturated heterocycles. The summed E-state index contributed by atoms with van der Waals surface area (Å²) in [5.74, 6) is 1.53. The summed E-state index contributed by atoms with van der Waals surface area (Å²) in [6.07, 6.45) is -3.17. The Morgan fingerprint density at radius 3 is 2.50 bits per heavy atom.